The third-order valence-corrected chi connectivity index (χ3v) is 8.41. The lowest BCUT2D eigenvalue weighted by Gasteiger charge is -2.43. The molecule has 5 rings (SSSR count). The predicted molar refractivity (Wildman–Crippen MR) is 174 cm³/mol. The second-order valence-corrected chi connectivity index (χ2v) is 11.6. The van der Waals surface area contributed by atoms with E-state index in [2.05, 4.69) is 28.1 Å². The summed E-state index contributed by atoms with van der Waals surface area (Å²) in [5.41, 5.74) is 5.08. The highest BCUT2D eigenvalue weighted by molar-refractivity contribution is 7.99. The minimum Gasteiger partial charge on any atom is -0.392 e. The summed E-state index contributed by atoms with van der Waals surface area (Å²) >= 11 is 1.68. The summed E-state index contributed by atoms with van der Waals surface area (Å²) in [5, 5.41) is 18.1. The third-order valence-electron chi connectivity index (χ3n) is 7.31. The molecule has 0 aromatic heterocycles. The average Bonchev–Trinajstić information content (AvgIpc) is 3.04. The number of aliphatic hydroxyl groups is 1. The van der Waals surface area contributed by atoms with E-state index < -0.39 is 6.29 Å². The topological polar surface area (TPSA) is 109 Å². The molecule has 4 unspecified atom stereocenters. The molecule has 1 aliphatic rings. The molecule has 0 bridgehead atoms. The minimum atomic E-state index is -0.693. The Morgan fingerprint density at radius 2 is 1.52 bits per heavy atom. The summed E-state index contributed by atoms with van der Waals surface area (Å²) in [6, 6.07) is 33.1. The predicted octanol–water partition coefficient (Wildman–Crippen LogP) is 7.01. The van der Waals surface area contributed by atoms with Crippen LogP contribution in [0.15, 0.2) is 108 Å². The lowest BCUT2D eigenvalue weighted by atomic mass is 9.84. The Bertz CT molecular complexity index is 1530. The standard InChI is InChI=1S/C35H37N3O5S/c1-3-36-35(41)38-29-11-7-10-27(20-29)34-42-31(22-44-30-18-16-28(17-19-30)37-23(2)40)32(25-8-5-4-6-9-25)33(43-34)26-14-12-24(21-39)13-15-26/h4-20,31-34,39H,3,21-22H2,1-2H3,(H,37,40)(H2,36,38,41). The van der Waals surface area contributed by atoms with Crippen LogP contribution in [0, 0.1) is 0 Å². The molecule has 1 fully saturated rings. The van der Waals surface area contributed by atoms with Crippen LogP contribution in [0.1, 0.15) is 54.4 Å². The van der Waals surface area contributed by atoms with Gasteiger partial charge in [0.05, 0.1) is 18.8 Å². The largest absolute Gasteiger partial charge is 0.392 e. The quantitative estimate of drug-likeness (QED) is 0.144. The van der Waals surface area contributed by atoms with Gasteiger partial charge in [-0.1, -0.05) is 66.7 Å². The molecule has 0 aliphatic carbocycles. The van der Waals surface area contributed by atoms with Gasteiger partial charge < -0.3 is 30.5 Å². The van der Waals surface area contributed by atoms with Gasteiger partial charge in [0, 0.05) is 47.0 Å². The highest BCUT2D eigenvalue weighted by atomic mass is 32.2. The van der Waals surface area contributed by atoms with Crippen molar-refractivity contribution in [3.05, 3.63) is 125 Å². The van der Waals surface area contributed by atoms with Gasteiger partial charge in [-0.3, -0.25) is 4.79 Å². The molecular weight excluding hydrogens is 574 g/mol. The van der Waals surface area contributed by atoms with Crippen molar-refractivity contribution in [2.45, 2.75) is 49.8 Å². The molecule has 0 radical (unpaired) electrons. The first-order valence-corrected chi connectivity index (χ1v) is 15.6. The van der Waals surface area contributed by atoms with Crippen molar-refractivity contribution in [2.75, 3.05) is 22.9 Å². The number of carbonyl (C=O) groups is 2. The zero-order valence-corrected chi connectivity index (χ0v) is 25.6. The third kappa shape index (κ3) is 8.06. The molecule has 4 aromatic rings. The fourth-order valence-electron chi connectivity index (χ4n) is 5.27. The van der Waals surface area contributed by atoms with Crippen molar-refractivity contribution >= 4 is 35.1 Å². The number of thioether (sulfide) groups is 1. The molecule has 4 N–H and O–H groups in total. The van der Waals surface area contributed by atoms with Crippen molar-refractivity contribution in [1.29, 1.82) is 0 Å². The molecule has 8 nitrogen and oxygen atoms in total. The van der Waals surface area contributed by atoms with Crippen molar-refractivity contribution in [1.82, 2.24) is 5.32 Å². The van der Waals surface area contributed by atoms with Crippen LogP contribution in [0.25, 0.3) is 0 Å². The maximum absolute atomic E-state index is 12.2. The van der Waals surface area contributed by atoms with Gasteiger partial charge in [-0.05, 0) is 60.0 Å². The van der Waals surface area contributed by atoms with Crippen LogP contribution in [-0.4, -0.2) is 35.4 Å². The first-order chi connectivity index (χ1) is 21.4. The molecule has 4 atom stereocenters. The summed E-state index contributed by atoms with van der Waals surface area (Å²) in [6.45, 7) is 3.84. The maximum Gasteiger partial charge on any atom is 0.319 e. The van der Waals surface area contributed by atoms with Crippen molar-refractivity contribution in [3.8, 4) is 0 Å². The van der Waals surface area contributed by atoms with E-state index in [0.29, 0.717) is 18.0 Å². The van der Waals surface area contributed by atoms with Crippen molar-refractivity contribution < 1.29 is 24.2 Å². The van der Waals surface area contributed by atoms with Gasteiger partial charge in [0.1, 0.15) is 0 Å². The molecule has 4 aromatic carbocycles. The summed E-state index contributed by atoms with van der Waals surface area (Å²) in [7, 11) is 0. The highest BCUT2D eigenvalue weighted by Crippen LogP contribution is 2.48. The molecular formula is C35H37N3O5S. The Morgan fingerprint density at radius 1 is 0.795 bits per heavy atom. The van der Waals surface area contributed by atoms with Crippen LogP contribution in [0.4, 0.5) is 16.2 Å². The number of amides is 3. The van der Waals surface area contributed by atoms with E-state index in [9.17, 15) is 14.7 Å². The van der Waals surface area contributed by atoms with Crippen LogP contribution in [0.2, 0.25) is 0 Å². The number of aliphatic hydroxyl groups excluding tert-OH is 1. The van der Waals surface area contributed by atoms with Gasteiger partial charge in [0.15, 0.2) is 6.29 Å². The molecule has 1 saturated heterocycles. The van der Waals surface area contributed by atoms with Gasteiger partial charge in [-0.15, -0.1) is 11.8 Å². The van der Waals surface area contributed by atoms with Crippen LogP contribution < -0.4 is 16.0 Å². The highest BCUT2D eigenvalue weighted by Gasteiger charge is 2.42. The number of ether oxygens (including phenoxy) is 2. The second-order valence-electron chi connectivity index (χ2n) is 10.5. The number of hydrogen-bond acceptors (Lipinski definition) is 6. The van der Waals surface area contributed by atoms with E-state index in [4.69, 9.17) is 9.47 Å². The lowest BCUT2D eigenvalue weighted by molar-refractivity contribution is -0.255. The molecule has 0 spiro atoms. The molecule has 0 saturated carbocycles. The molecule has 228 valence electrons. The van der Waals surface area contributed by atoms with Gasteiger partial charge in [-0.25, -0.2) is 4.79 Å². The molecule has 44 heavy (non-hydrogen) atoms. The number of rotatable bonds is 10. The van der Waals surface area contributed by atoms with Crippen molar-refractivity contribution in [3.63, 3.8) is 0 Å². The van der Waals surface area contributed by atoms with E-state index in [-0.39, 0.29) is 36.7 Å². The van der Waals surface area contributed by atoms with Crippen molar-refractivity contribution in [2.24, 2.45) is 0 Å². The zero-order chi connectivity index (χ0) is 30.9. The van der Waals surface area contributed by atoms with E-state index >= 15 is 0 Å². The molecule has 9 heteroatoms. The number of benzene rings is 4. The molecule has 1 aliphatic heterocycles. The van der Waals surface area contributed by atoms with Crippen LogP contribution >= 0.6 is 11.8 Å². The molecule has 3 amide bonds. The Hall–Kier alpha value is -4.15. The summed E-state index contributed by atoms with van der Waals surface area (Å²) in [4.78, 5) is 24.7. The average molecular weight is 612 g/mol. The number of nitrogens with one attached hydrogen (secondary N) is 3. The van der Waals surface area contributed by atoms with E-state index in [1.807, 2.05) is 97.9 Å². The number of hydrogen-bond donors (Lipinski definition) is 4. The zero-order valence-electron chi connectivity index (χ0n) is 24.7. The Labute approximate surface area is 262 Å². The van der Waals surface area contributed by atoms with E-state index in [0.717, 1.165) is 32.8 Å². The fourth-order valence-corrected chi connectivity index (χ4v) is 6.24. The SMILES string of the molecule is CCNC(=O)Nc1cccc(C2OC(CSc3ccc(NC(C)=O)cc3)C(c3ccccc3)C(c3ccc(CO)cc3)O2)c1. The number of anilines is 2. The Kier molecular flexibility index (Phi) is 10.7. The number of urea groups is 1. The van der Waals surface area contributed by atoms with E-state index in [1.54, 1.807) is 11.8 Å². The van der Waals surface area contributed by atoms with Crippen LogP contribution in [0.3, 0.4) is 0 Å². The van der Waals surface area contributed by atoms with E-state index in [1.165, 1.54) is 6.92 Å². The smallest absolute Gasteiger partial charge is 0.319 e. The van der Waals surface area contributed by atoms with Gasteiger partial charge in [-0.2, -0.15) is 0 Å². The minimum absolute atomic E-state index is 0.0367. The Balaban J connectivity index is 1.48. The van der Waals surface area contributed by atoms with Gasteiger partial charge >= 0.3 is 6.03 Å². The van der Waals surface area contributed by atoms with Gasteiger partial charge in [0.2, 0.25) is 5.91 Å². The second kappa shape index (κ2) is 15.0. The summed E-state index contributed by atoms with van der Waals surface area (Å²) < 4.78 is 13.6. The first kappa shape index (κ1) is 31.3. The lowest BCUT2D eigenvalue weighted by Crippen LogP contribution is -2.38. The normalized spacial score (nSPS) is 19.6. The summed E-state index contributed by atoms with van der Waals surface area (Å²) in [5.74, 6) is 0.400. The van der Waals surface area contributed by atoms with Gasteiger partial charge in [0.25, 0.3) is 0 Å². The fraction of sp³-hybridized carbons (Fsp3) is 0.257. The maximum atomic E-state index is 12.2. The Morgan fingerprint density at radius 3 is 2.20 bits per heavy atom. The monoisotopic (exact) mass is 611 g/mol. The molecule has 1 heterocycles. The first-order valence-electron chi connectivity index (χ1n) is 14.6. The van der Waals surface area contributed by atoms with Crippen LogP contribution in [0.5, 0.6) is 0 Å². The summed E-state index contributed by atoms with van der Waals surface area (Å²) in [6.07, 6.45) is -1.29. The van der Waals surface area contributed by atoms with Crippen LogP contribution in [-0.2, 0) is 20.9 Å². The number of carbonyl (C=O) groups excluding carboxylic acids is 2.